The Kier molecular flexibility index (Phi) is 6.28. The van der Waals surface area contributed by atoms with Gasteiger partial charge in [0, 0.05) is 24.4 Å². The molecular weight excluding hydrogens is 422 g/mol. The number of allylic oxidation sites excluding steroid dienone is 1. The lowest BCUT2D eigenvalue weighted by atomic mass is 9.95. The number of thiocarbonyl (C=S) groups is 1. The van der Waals surface area contributed by atoms with E-state index < -0.39 is 6.04 Å². The number of anilines is 1. The molecule has 2 aromatic rings. The molecule has 7 heteroatoms. The van der Waals surface area contributed by atoms with Gasteiger partial charge < -0.3 is 20.3 Å². The molecule has 1 heterocycles. The fraction of sp³-hybridized carbons (Fsp3) is 0.320. The quantitative estimate of drug-likeness (QED) is 0.511. The number of amides is 1. The summed E-state index contributed by atoms with van der Waals surface area (Å²) in [6.45, 7) is 3.94. The molecule has 6 nitrogen and oxygen atoms in total. The first kappa shape index (κ1) is 22.0. The van der Waals surface area contributed by atoms with Crippen LogP contribution >= 0.6 is 12.2 Å². The minimum atomic E-state index is -0.409. The lowest BCUT2D eigenvalue weighted by Crippen LogP contribution is -2.46. The Morgan fingerprint density at radius 2 is 1.81 bits per heavy atom. The highest BCUT2D eigenvalue weighted by atomic mass is 32.1. The van der Waals surface area contributed by atoms with E-state index in [2.05, 4.69) is 22.8 Å². The van der Waals surface area contributed by atoms with Gasteiger partial charge in [0.05, 0.1) is 18.2 Å². The van der Waals surface area contributed by atoms with Gasteiger partial charge in [-0.3, -0.25) is 4.79 Å². The number of benzene rings is 2. The number of hydrogen-bond acceptors (Lipinski definition) is 4. The van der Waals surface area contributed by atoms with E-state index in [9.17, 15) is 9.59 Å². The van der Waals surface area contributed by atoms with Crippen molar-refractivity contribution in [2.75, 3.05) is 19.0 Å². The average Bonchev–Trinajstić information content (AvgIpc) is 3.60. The maximum Gasteiger partial charge on any atom is 0.338 e. The fourth-order valence-corrected chi connectivity index (χ4v) is 4.36. The lowest BCUT2D eigenvalue weighted by Gasteiger charge is -2.35. The zero-order valence-corrected chi connectivity index (χ0v) is 19.2. The molecule has 0 spiro atoms. The average molecular weight is 450 g/mol. The van der Waals surface area contributed by atoms with E-state index in [1.165, 1.54) is 5.56 Å². The standard InChI is InChI=1S/C25H27N3O3S/c1-4-31-24(30)21-15(2)28(3)25(32)27-22(21)17-10-12-18(13-11-17)26-23(29)20-14-19(20)16-8-6-5-7-9-16/h5-13,19-20,22H,4,14H2,1-3H3,(H,26,29)(H,27,32)/t19-,20+,22+/m0/s1. The summed E-state index contributed by atoms with van der Waals surface area (Å²) in [5, 5.41) is 6.78. The van der Waals surface area contributed by atoms with Crippen LogP contribution < -0.4 is 10.6 Å². The number of carbonyl (C=O) groups is 2. The number of ether oxygens (including phenoxy) is 1. The maximum atomic E-state index is 12.7. The Hall–Kier alpha value is -3.19. The van der Waals surface area contributed by atoms with Gasteiger partial charge in [-0.25, -0.2) is 4.79 Å². The van der Waals surface area contributed by atoms with Gasteiger partial charge in [-0.15, -0.1) is 0 Å². The van der Waals surface area contributed by atoms with Crippen molar-refractivity contribution in [1.29, 1.82) is 0 Å². The van der Waals surface area contributed by atoms with Gasteiger partial charge in [0.25, 0.3) is 0 Å². The molecule has 166 valence electrons. The number of nitrogens with zero attached hydrogens (tertiary/aromatic N) is 1. The third kappa shape index (κ3) is 4.39. The first-order valence-electron chi connectivity index (χ1n) is 10.8. The normalized spacial score (nSPS) is 22.3. The molecule has 2 aliphatic rings. The summed E-state index contributed by atoms with van der Waals surface area (Å²) in [6, 6.07) is 17.2. The summed E-state index contributed by atoms with van der Waals surface area (Å²) in [7, 11) is 1.82. The van der Waals surface area contributed by atoms with E-state index in [4.69, 9.17) is 17.0 Å². The molecule has 1 aliphatic heterocycles. The second kappa shape index (κ2) is 9.12. The molecule has 0 radical (unpaired) electrons. The molecule has 3 atom stereocenters. The van der Waals surface area contributed by atoms with Crippen LogP contribution in [-0.4, -0.2) is 35.5 Å². The predicted molar refractivity (Wildman–Crippen MR) is 128 cm³/mol. The van der Waals surface area contributed by atoms with Crippen molar-refractivity contribution in [1.82, 2.24) is 10.2 Å². The molecule has 0 bridgehead atoms. The smallest absolute Gasteiger partial charge is 0.338 e. The molecule has 32 heavy (non-hydrogen) atoms. The van der Waals surface area contributed by atoms with Crippen molar-refractivity contribution in [3.63, 3.8) is 0 Å². The Bertz CT molecular complexity index is 1070. The maximum absolute atomic E-state index is 12.7. The summed E-state index contributed by atoms with van der Waals surface area (Å²) >= 11 is 5.43. The summed E-state index contributed by atoms with van der Waals surface area (Å²) < 4.78 is 5.28. The Morgan fingerprint density at radius 1 is 1.12 bits per heavy atom. The van der Waals surface area contributed by atoms with Crippen LogP contribution in [-0.2, 0) is 14.3 Å². The van der Waals surface area contributed by atoms with Gasteiger partial charge in [-0.1, -0.05) is 42.5 Å². The molecular formula is C25H27N3O3S. The van der Waals surface area contributed by atoms with E-state index in [1.54, 1.807) is 11.8 Å². The van der Waals surface area contributed by atoms with Gasteiger partial charge >= 0.3 is 5.97 Å². The van der Waals surface area contributed by atoms with Crippen LogP contribution in [0.4, 0.5) is 5.69 Å². The van der Waals surface area contributed by atoms with Crippen LogP contribution in [0.2, 0.25) is 0 Å². The topological polar surface area (TPSA) is 70.7 Å². The van der Waals surface area contributed by atoms with Crippen LogP contribution in [0.3, 0.4) is 0 Å². The summed E-state index contributed by atoms with van der Waals surface area (Å²) in [5.41, 5.74) is 4.10. The molecule has 0 aromatic heterocycles. The molecule has 4 rings (SSSR count). The molecule has 1 amide bonds. The van der Waals surface area contributed by atoms with Gasteiger partial charge in [-0.05, 0) is 61.7 Å². The molecule has 0 unspecified atom stereocenters. The summed E-state index contributed by atoms with van der Waals surface area (Å²) in [6.07, 6.45) is 0.873. The van der Waals surface area contributed by atoms with Crippen molar-refractivity contribution < 1.29 is 14.3 Å². The Morgan fingerprint density at radius 3 is 2.47 bits per heavy atom. The first-order valence-corrected chi connectivity index (χ1v) is 11.2. The SMILES string of the molecule is CCOC(=O)C1=C(C)N(C)C(=S)N[C@@H]1c1ccc(NC(=O)[C@@H]2C[C@H]2c2ccccc2)cc1. The van der Waals surface area contributed by atoms with Crippen LogP contribution in [0.15, 0.2) is 65.9 Å². The van der Waals surface area contributed by atoms with Crippen molar-refractivity contribution in [3.8, 4) is 0 Å². The molecule has 2 N–H and O–H groups in total. The van der Waals surface area contributed by atoms with Gasteiger partial charge in [0.1, 0.15) is 0 Å². The highest BCUT2D eigenvalue weighted by Gasteiger charge is 2.43. The number of hydrogen-bond donors (Lipinski definition) is 2. The zero-order chi connectivity index (χ0) is 22.8. The molecule has 1 fully saturated rings. The lowest BCUT2D eigenvalue weighted by molar-refractivity contribution is -0.139. The molecule has 1 saturated carbocycles. The Balaban J connectivity index is 1.47. The largest absolute Gasteiger partial charge is 0.463 e. The minimum absolute atomic E-state index is 0.00555. The van der Waals surface area contributed by atoms with Crippen LogP contribution in [0.1, 0.15) is 43.4 Å². The van der Waals surface area contributed by atoms with Crippen molar-refractivity contribution in [2.45, 2.75) is 32.2 Å². The zero-order valence-electron chi connectivity index (χ0n) is 18.4. The number of nitrogens with one attached hydrogen (secondary N) is 2. The van der Waals surface area contributed by atoms with E-state index in [-0.39, 0.29) is 17.8 Å². The van der Waals surface area contributed by atoms with Crippen LogP contribution in [0.25, 0.3) is 0 Å². The monoisotopic (exact) mass is 449 g/mol. The Labute approximate surface area is 193 Å². The second-order valence-electron chi connectivity index (χ2n) is 8.13. The van der Waals surface area contributed by atoms with E-state index in [0.29, 0.717) is 23.2 Å². The van der Waals surface area contributed by atoms with Gasteiger partial charge in [-0.2, -0.15) is 0 Å². The number of esters is 1. The van der Waals surface area contributed by atoms with E-state index >= 15 is 0 Å². The highest BCUT2D eigenvalue weighted by Crippen LogP contribution is 2.47. The fourth-order valence-electron chi connectivity index (χ4n) is 4.11. The van der Waals surface area contributed by atoms with Gasteiger partial charge in [0.15, 0.2) is 5.11 Å². The number of rotatable bonds is 6. The van der Waals surface area contributed by atoms with Crippen LogP contribution in [0, 0.1) is 5.92 Å². The van der Waals surface area contributed by atoms with Crippen molar-refractivity contribution in [2.24, 2.45) is 5.92 Å². The predicted octanol–water partition coefficient (Wildman–Crippen LogP) is 4.13. The minimum Gasteiger partial charge on any atom is -0.463 e. The summed E-state index contributed by atoms with van der Waals surface area (Å²) in [4.78, 5) is 27.1. The first-order chi connectivity index (χ1) is 15.4. The highest BCUT2D eigenvalue weighted by molar-refractivity contribution is 7.80. The van der Waals surface area contributed by atoms with Gasteiger partial charge in [0.2, 0.25) is 5.91 Å². The molecule has 1 aliphatic carbocycles. The number of carbonyl (C=O) groups excluding carboxylic acids is 2. The second-order valence-corrected chi connectivity index (χ2v) is 8.52. The van der Waals surface area contributed by atoms with Crippen LogP contribution in [0.5, 0.6) is 0 Å². The third-order valence-corrected chi connectivity index (χ3v) is 6.51. The van der Waals surface area contributed by atoms with E-state index in [0.717, 1.165) is 23.4 Å². The van der Waals surface area contributed by atoms with Crippen molar-refractivity contribution >= 4 is 34.9 Å². The summed E-state index contributed by atoms with van der Waals surface area (Å²) in [5.74, 6) is -0.0331. The van der Waals surface area contributed by atoms with Crippen molar-refractivity contribution in [3.05, 3.63) is 77.0 Å². The molecule has 2 aromatic carbocycles. The molecule has 0 saturated heterocycles. The van der Waals surface area contributed by atoms with E-state index in [1.807, 2.05) is 56.4 Å². The third-order valence-electron chi connectivity index (χ3n) is 6.12.